The van der Waals surface area contributed by atoms with Gasteiger partial charge in [-0.3, -0.25) is 14.3 Å². The Balaban J connectivity index is 2.23. The summed E-state index contributed by atoms with van der Waals surface area (Å²) in [6, 6.07) is 7.36. The van der Waals surface area contributed by atoms with E-state index in [1.165, 1.54) is 11.2 Å². The minimum atomic E-state index is -1.21. The fourth-order valence-electron chi connectivity index (χ4n) is 2.67. The number of ketones is 1. The lowest BCUT2D eigenvalue weighted by atomic mass is 10.1. The number of hydrogen-bond acceptors (Lipinski definition) is 3. The number of benzene rings is 1. The number of rotatable bonds is 1. The standard InChI is InChI=1S/C13H13N3O3/c1-13(11(17)6-7-15(13)12(18)19)16-8-14-9-4-2-3-5-10(9)16/h2-5,8H,6-7H2,1H3,(H,18,19). The van der Waals surface area contributed by atoms with Crippen LogP contribution in [0.1, 0.15) is 13.3 Å². The zero-order valence-corrected chi connectivity index (χ0v) is 10.4. The molecule has 1 atom stereocenters. The summed E-state index contributed by atoms with van der Waals surface area (Å²) >= 11 is 0. The quantitative estimate of drug-likeness (QED) is 0.845. The number of imidazole rings is 1. The number of nitrogens with zero attached hydrogens (tertiary/aromatic N) is 3. The molecule has 1 saturated heterocycles. The van der Waals surface area contributed by atoms with Gasteiger partial charge in [0, 0.05) is 13.0 Å². The van der Waals surface area contributed by atoms with Crippen molar-refractivity contribution in [1.82, 2.24) is 14.5 Å². The van der Waals surface area contributed by atoms with Crippen molar-refractivity contribution >= 4 is 22.9 Å². The summed E-state index contributed by atoms with van der Waals surface area (Å²) in [5.41, 5.74) is 0.294. The van der Waals surface area contributed by atoms with E-state index in [0.29, 0.717) is 0 Å². The summed E-state index contributed by atoms with van der Waals surface area (Å²) in [5, 5.41) is 9.28. The molecule has 3 rings (SSSR count). The maximum atomic E-state index is 12.2. The number of carbonyl (C=O) groups excluding carboxylic acids is 1. The van der Waals surface area contributed by atoms with Gasteiger partial charge in [0.2, 0.25) is 0 Å². The second kappa shape index (κ2) is 3.81. The topological polar surface area (TPSA) is 75.4 Å². The lowest BCUT2D eigenvalue weighted by molar-refractivity contribution is -0.128. The number of fused-ring (bicyclic) bond motifs is 1. The molecule has 98 valence electrons. The van der Waals surface area contributed by atoms with E-state index in [4.69, 9.17) is 0 Å². The van der Waals surface area contributed by atoms with Gasteiger partial charge in [-0.2, -0.15) is 0 Å². The number of carboxylic acid groups (broad SMARTS) is 1. The molecule has 1 aromatic carbocycles. The highest BCUT2D eigenvalue weighted by molar-refractivity contribution is 5.93. The maximum Gasteiger partial charge on any atom is 0.409 e. The van der Waals surface area contributed by atoms with Gasteiger partial charge >= 0.3 is 6.09 Å². The molecule has 0 radical (unpaired) electrons. The van der Waals surface area contributed by atoms with Crippen LogP contribution in [0, 0.1) is 0 Å². The predicted molar refractivity (Wildman–Crippen MR) is 67.7 cm³/mol. The van der Waals surface area contributed by atoms with Crippen LogP contribution in [0.4, 0.5) is 4.79 Å². The Morgan fingerprint density at radius 3 is 2.89 bits per heavy atom. The Morgan fingerprint density at radius 1 is 1.42 bits per heavy atom. The van der Waals surface area contributed by atoms with Crippen LogP contribution >= 0.6 is 0 Å². The van der Waals surface area contributed by atoms with E-state index in [0.717, 1.165) is 11.0 Å². The van der Waals surface area contributed by atoms with E-state index >= 15 is 0 Å². The van der Waals surface area contributed by atoms with E-state index in [9.17, 15) is 14.7 Å². The van der Waals surface area contributed by atoms with Crippen LogP contribution < -0.4 is 0 Å². The van der Waals surface area contributed by atoms with Gasteiger partial charge < -0.3 is 5.11 Å². The van der Waals surface area contributed by atoms with Crippen molar-refractivity contribution in [3.05, 3.63) is 30.6 Å². The highest BCUT2D eigenvalue weighted by Crippen LogP contribution is 2.33. The van der Waals surface area contributed by atoms with Crippen LogP contribution in [0.5, 0.6) is 0 Å². The van der Waals surface area contributed by atoms with Crippen LogP contribution in [0.25, 0.3) is 11.0 Å². The highest BCUT2D eigenvalue weighted by atomic mass is 16.4. The first-order valence-electron chi connectivity index (χ1n) is 6.01. The van der Waals surface area contributed by atoms with Crippen molar-refractivity contribution in [1.29, 1.82) is 0 Å². The van der Waals surface area contributed by atoms with Crippen LogP contribution in [0.15, 0.2) is 30.6 Å². The lowest BCUT2D eigenvalue weighted by Crippen LogP contribution is -2.50. The number of Topliss-reactive ketones (excluding diaryl/α,β-unsaturated/α-hetero) is 1. The van der Waals surface area contributed by atoms with Crippen molar-refractivity contribution in [2.75, 3.05) is 6.54 Å². The average Bonchev–Trinajstić information content (AvgIpc) is 2.93. The molecule has 0 saturated carbocycles. The Bertz CT molecular complexity index is 679. The van der Waals surface area contributed by atoms with Gasteiger partial charge in [0.25, 0.3) is 0 Å². The molecular formula is C13H13N3O3. The molecule has 1 fully saturated rings. The van der Waals surface area contributed by atoms with Crippen LogP contribution in [0.3, 0.4) is 0 Å². The van der Waals surface area contributed by atoms with Gasteiger partial charge in [0.05, 0.1) is 17.4 Å². The maximum absolute atomic E-state index is 12.2. The molecule has 1 N–H and O–H groups in total. The minimum Gasteiger partial charge on any atom is -0.465 e. The first-order chi connectivity index (χ1) is 9.05. The Kier molecular flexibility index (Phi) is 2.35. The first-order valence-corrected chi connectivity index (χ1v) is 6.01. The Morgan fingerprint density at radius 2 is 2.16 bits per heavy atom. The van der Waals surface area contributed by atoms with E-state index in [1.807, 2.05) is 24.3 Å². The van der Waals surface area contributed by atoms with E-state index in [1.54, 1.807) is 11.5 Å². The molecule has 6 heteroatoms. The van der Waals surface area contributed by atoms with Gasteiger partial charge in [0.1, 0.15) is 0 Å². The highest BCUT2D eigenvalue weighted by Gasteiger charge is 2.49. The second-order valence-electron chi connectivity index (χ2n) is 4.73. The van der Waals surface area contributed by atoms with Gasteiger partial charge in [-0.1, -0.05) is 12.1 Å². The van der Waals surface area contributed by atoms with Gasteiger partial charge in [-0.15, -0.1) is 0 Å². The zero-order valence-electron chi connectivity index (χ0n) is 10.4. The van der Waals surface area contributed by atoms with Crippen molar-refractivity contribution < 1.29 is 14.7 Å². The molecule has 6 nitrogen and oxygen atoms in total. The summed E-state index contributed by atoms with van der Waals surface area (Å²) in [6.07, 6.45) is 0.671. The Hall–Kier alpha value is -2.37. The third kappa shape index (κ3) is 1.46. The molecule has 2 heterocycles. The fraction of sp³-hybridized carbons (Fsp3) is 0.308. The third-order valence-electron chi connectivity index (χ3n) is 3.77. The molecule has 19 heavy (non-hydrogen) atoms. The van der Waals surface area contributed by atoms with E-state index in [-0.39, 0.29) is 18.7 Å². The largest absolute Gasteiger partial charge is 0.465 e. The smallest absolute Gasteiger partial charge is 0.409 e. The van der Waals surface area contributed by atoms with Crippen molar-refractivity contribution in [3.8, 4) is 0 Å². The van der Waals surface area contributed by atoms with Gasteiger partial charge in [-0.05, 0) is 19.1 Å². The molecule has 1 unspecified atom stereocenters. The van der Waals surface area contributed by atoms with E-state index in [2.05, 4.69) is 4.98 Å². The van der Waals surface area contributed by atoms with Gasteiger partial charge in [-0.25, -0.2) is 9.78 Å². The van der Waals surface area contributed by atoms with E-state index < -0.39 is 11.8 Å². The summed E-state index contributed by atoms with van der Waals surface area (Å²) < 4.78 is 1.64. The lowest BCUT2D eigenvalue weighted by Gasteiger charge is -2.33. The first kappa shape index (κ1) is 11.7. The number of likely N-dealkylation sites (tertiary alicyclic amines) is 1. The number of hydrogen-bond donors (Lipinski definition) is 1. The summed E-state index contributed by atoms with van der Waals surface area (Å²) in [4.78, 5) is 28.9. The van der Waals surface area contributed by atoms with Crippen molar-refractivity contribution in [3.63, 3.8) is 0 Å². The molecule has 0 bridgehead atoms. The summed E-state index contributed by atoms with van der Waals surface area (Å²) in [6.45, 7) is 1.85. The van der Waals surface area contributed by atoms with Crippen LogP contribution in [-0.2, 0) is 10.5 Å². The molecule has 2 aromatic rings. The number of amides is 1. The van der Waals surface area contributed by atoms with Crippen molar-refractivity contribution in [2.45, 2.75) is 19.0 Å². The fourth-order valence-corrected chi connectivity index (χ4v) is 2.67. The molecule has 1 aromatic heterocycles. The molecule has 1 aliphatic rings. The molecule has 1 aliphatic heterocycles. The third-order valence-corrected chi connectivity index (χ3v) is 3.77. The number of carbonyl (C=O) groups is 2. The summed E-state index contributed by atoms with van der Waals surface area (Å²) in [7, 11) is 0. The molecule has 0 aliphatic carbocycles. The second-order valence-corrected chi connectivity index (χ2v) is 4.73. The Labute approximate surface area is 109 Å². The minimum absolute atomic E-state index is 0.113. The van der Waals surface area contributed by atoms with Crippen LogP contribution in [0.2, 0.25) is 0 Å². The average molecular weight is 259 g/mol. The van der Waals surface area contributed by atoms with Gasteiger partial charge in [0.15, 0.2) is 11.4 Å². The zero-order chi connectivity index (χ0) is 13.6. The molecule has 0 spiro atoms. The monoisotopic (exact) mass is 259 g/mol. The summed E-state index contributed by atoms with van der Waals surface area (Å²) in [5.74, 6) is -0.113. The van der Waals surface area contributed by atoms with Crippen LogP contribution in [-0.4, -0.2) is 38.0 Å². The molecular weight excluding hydrogens is 246 g/mol. The normalized spacial score (nSPS) is 23.2. The molecule has 1 amide bonds. The predicted octanol–water partition coefficient (Wildman–Crippen LogP) is 1.66. The number of aromatic nitrogens is 2. The SMILES string of the molecule is CC1(n2cnc3ccccc32)C(=O)CCN1C(=O)O. The van der Waals surface area contributed by atoms with Crippen molar-refractivity contribution in [2.24, 2.45) is 0 Å². The number of para-hydroxylation sites is 2.